The lowest BCUT2D eigenvalue weighted by molar-refractivity contribution is -0.147. The van der Waals surface area contributed by atoms with Crippen molar-refractivity contribution in [3.63, 3.8) is 0 Å². The Morgan fingerprint density at radius 1 is 1.11 bits per heavy atom. The average molecular weight is 371 g/mol. The number of ether oxygens (including phenoxy) is 1. The summed E-state index contributed by atoms with van der Waals surface area (Å²) in [5, 5.41) is 2.43. The molecule has 0 fully saturated rings. The molecular weight excluding hydrogens is 353 g/mol. The van der Waals surface area contributed by atoms with Crippen LogP contribution in [-0.2, 0) is 27.9 Å². The second kappa shape index (κ2) is 7.86. The molecule has 1 N–H and O–H groups in total. The first-order chi connectivity index (χ1) is 13.0. The van der Waals surface area contributed by atoms with E-state index in [0.29, 0.717) is 0 Å². The largest absolute Gasteiger partial charge is 0.456 e. The van der Waals surface area contributed by atoms with Crippen LogP contribution in [0.1, 0.15) is 6.42 Å². The molecule has 3 aromatic rings. The van der Waals surface area contributed by atoms with Gasteiger partial charge in [0.1, 0.15) is 5.82 Å². The molecule has 1 amide bonds. The Morgan fingerprint density at radius 3 is 2.59 bits per heavy atom. The highest BCUT2D eigenvalue weighted by Gasteiger charge is 2.13. The zero-order valence-electron chi connectivity index (χ0n) is 14.6. The molecule has 1 aromatic heterocycles. The lowest BCUT2D eigenvalue weighted by atomic mass is 10.3. The molecule has 0 saturated carbocycles. The van der Waals surface area contributed by atoms with Gasteiger partial charge >= 0.3 is 11.7 Å². The first-order valence-electron chi connectivity index (χ1n) is 8.31. The van der Waals surface area contributed by atoms with Crippen molar-refractivity contribution in [3.05, 3.63) is 64.8 Å². The van der Waals surface area contributed by atoms with Crippen molar-refractivity contribution >= 4 is 28.6 Å². The quantitative estimate of drug-likeness (QED) is 0.673. The summed E-state index contributed by atoms with van der Waals surface area (Å²) in [6.07, 6.45) is -0.0544. The molecule has 0 aliphatic rings. The number of benzene rings is 2. The van der Waals surface area contributed by atoms with E-state index in [9.17, 15) is 18.8 Å². The minimum absolute atomic E-state index is 0.0544. The van der Waals surface area contributed by atoms with Gasteiger partial charge in [-0.2, -0.15) is 0 Å². The molecule has 1 heterocycles. The van der Waals surface area contributed by atoms with E-state index in [-0.39, 0.29) is 24.3 Å². The summed E-state index contributed by atoms with van der Waals surface area (Å²) >= 11 is 0. The number of anilines is 1. The Hall–Kier alpha value is -3.42. The highest BCUT2D eigenvalue weighted by molar-refractivity contribution is 5.92. The number of amides is 1. The third-order valence-electron chi connectivity index (χ3n) is 4.06. The van der Waals surface area contributed by atoms with Crippen LogP contribution in [0.5, 0.6) is 0 Å². The van der Waals surface area contributed by atoms with Gasteiger partial charge in [0.05, 0.1) is 17.5 Å². The number of carbonyl (C=O) groups is 2. The SMILES string of the molecule is Cn1c(=O)n(CCC(=O)OCC(=O)Nc2cccc(F)c2)c2ccccc21. The van der Waals surface area contributed by atoms with Crippen molar-refractivity contribution in [2.45, 2.75) is 13.0 Å². The number of imidazole rings is 1. The second-order valence-electron chi connectivity index (χ2n) is 5.95. The van der Waals surface area contributed by atoms with Crippen molar-refractivity contribution in [2.24, 2.45) is 7.05 Å². The fourth-order valence-corrected chi connectivity index (χ4v) is 2.76. The number of hydrogen-bond donors (Lipinski definition) is 1. The fraction of sp³-hybridized carbons (Fsp3) is 0.211. The van der Waals surface area contributed by atoms with E-state index in [1.807, 2.05) is 18.2 Å². The molecule has 0 spiro atoms. The standard InChI is InChI=1S/C19H18FN3O4/c1-22-15-7-2-3-8-16(15)23(19(22)26)10-9-18(25)27-12-17(24)21-14-6-4-5-13(20)11-14/h2-8,11H,9-10,12H2,1H3,(H,21,24). The first-order valence-corrected chi connectivity index (χ1v) is 8.31. The maximum absolute atomic E-state index is 13.1. The zero-order valence-corrected chi connectivity index (χ0v) is 14.6. The summed E-state index contributed by atoms with van der Waals surface area (Å²) in [6.45, 7) is -0.343. The van der Waals surface area contributed by atoms with E-state index >= 15 is 0 Å². The van der Waals surface area contributed by atoms with Gasteiger partial charge in [0.25, 0.3) is 5.91 Å². The topological polar surface area (TPSA) is 82.3 Å². The Morgan fingerprint density at radius 2 is 1.85 bits per heavy atom. The van der Waals surface area contributed by atoms with E-state index in [0.717, 1.165) is 17.1 Å². The van der Waals surface area contributed by atoms with Crippen LogP contribution in [0.15, 0.2) is 53.3 Å². The van der Waals surface area contributed by atoms with Crippen LogP contribution in [0.3, 0.4) is 0 Å². The van der Waals surface area contributed by atoms with Gasteiger partial charge in [-0.15, -0.1) is 0 Å². The smallest absolute Gasteiger partial charge is 0.328 e. The number of aromatic nitrogens is 2. The highest BCUT2D eigenvalue weighted by atomic mass is 19.1. The number of fused-ring (bicyclic) bond motifs is 1. The number of esters is 1. The first kappa shape index (κ1) is 18.4. The zero-order chi connectivity index (χ0) is 19.4. The van der Waals surface area contributed by atoms with Gasteiger partial charge in [-0.05, 0) is 30.3 Å². The number of halogens is 1. The van der Waals surface area contributed by atoms with Crippen LogP contribution < -0.4 is 11.0 Å². The van der Waals surface area contributed by atoms with Crippen molar-refractivity contribution in [2.75, 3.05) is 11.9 Å². The van der Waals surface area contributed by atoms with Crippen molar-refractivity contribution in [3.8, 4) is 0 Å². The Bertz CT molecular complexity index is 1050. The molecule has 140 valence electrons. The molecule has 2 aromatic carbocycles. The molecule has 0 bridgehead atoms. The maximum atomic E-state index is 13.1. The number of rotatable bonds is 6. The van der Waals surface area contributed by atoms with E-state index in [4.69, 9.17) is 4.74 Å². The van der Waals surface area contributed by atoms with Gasteiger partial charge in [0.2, 0.25) is 0 Å². The molecule has 27 heavy (non-hydrogen) atoms. The molecule has 7 nitrogen and oxygen atoms in total. The minimum atomic E-state index is -0.607. The second-order valence-corrected chi connectivity index (χ2v) is 5.95. The fourth-order valence-electron chi connectivity index (χ4n) is 2.76. The van der Waals surface area contributed by atoms with Gasteiger partial charge in [0.15, 0.2) is 6.61 Å². The van der Waals surface area contributed by atoms with Crippen molar-refractivity contribution < 1.29 is 18.7 Å². The molecule has 0 unspecified atom stereocenters. The molecular formula is C19H18FN3O4. The lowest BCUT2D eigenvalue weighted by Crippen LogP contribution is -2.25. The molecule has 0 saturated heterocycles. The van der Waals surface area contributed by atoms with Crippen LogP contribution in [-0.4, -0.2) is 27.6 Å². The summed E-state index contributed by atoms with van der Waals surface area (Å²) in [7, 11) is 1.66. The van der Waals surface area contributed by atoms with E-state index < -0.39 is 24.3 Å². The Labute approximate surface area is 154 Å². The predicted octanol–water partition coefficient (Wildman–Crippen LogP) is 2.05. The molecule has 0 aliphatic heterocycles. The normalized spacial score (nSPS) is 10.7. The van der Waals surface area contributed by atoms with Crippen LogP contribution in [0.2, 0.25) is 0 Å². The van der Waals surface area contributed by atoms with E-state index in [1.54, 1.807) is 13.1 Å². The molecule has 0 radical (unpaired) electrons. The monoisotopic (exact) mass is 371 g/mol. The summed E-state index contributed by atoms with van der Waals surface area (Å²) in [4.78, 5) is 35.9. The van der Waals surface area contributed by atoms with Crippen LogP contribution in [0.4, 0.5) is 10.1 Å². The maximum Gasteiger partial charge on any atom is 0.328 e. The predicted molar refractivity (Wildman–Crippen MR) is 97.8 cm³/mol. The van der Waals surface area contributed by atoms with Gasteiger partial charge in [0, 0.05) is 19.3 Å². The highest BCUT2D eigenvalue weighted by Crippen LogP contribution is 2.12. The van der Waals surface area contributed by atoms with Gasteiger partial charge in [-0.25, -0.2) is 9.18 Å². The van der Waals surface area contributed by atoms with Gasteiger partial charge in [-0.1, -0.05) is 18.2 Å². The number of aryl methyl sites for hydroxylation is 2. The van der Waals surface area contributed by atoms with Crippen LogP contribution >= 0.6 is 0 Å². The van der Waals surface area contributed by atoms with E-state index in [1.165, 1.54) is 27.3 Å². The molecule has 0 aliphatic carbocycles. The van der Waals surface area contributed by atoms with Gasteiger partial charge < -0.3 is 10.1 Å². The van der Waals surface area contributed by atoms with Crippen molar-refractivity contribution in [1.29, 1.82) is 0 Å². The summed E-state index contributed by atoms with van der Waals surface area (Å²) in [6, 6.07) is 12.7. The number of carbonyl (C=O) groups excluding carboxylic acids is 2. The van der Waals surface area contributed by atoms with Gasteiger partial charge in [-0.3, -0.25) is 18.7 Å². The van der Waals surface area contributed by atoms with E-state index in [2.05, 4.69) is 5.32 Å². The summed E-state index contributed by atoms with van der Waals surface area (Å²) in [5.41, 5.74) is 1.54. The Balaban J connectivity index is 1.54. The molecule has 3 rings (SSSR count). The Kier molecular flexibility index (Phi) is 5.35. The molecule has 0 atom stereocenters. The summed E-state index contributed by atoms with van der Waals surface area (Å²) < 4.78 is 21.0. The minimum Gasteiger partial charge on any atom is -0.456 e. The molecule has 8 heteroatoms. The average Bonchev–Trinajstić information content (AvgIpc) is 2.89. The number of para-hydroxylation sites is 2. The number of nitrogens with one attached hydrogen (secondary N) is 1. The van der Waals surface area contributed by atoms with Crippen molar-refractivity contribution in [1.82, 2.24) is 9.13 Å². The van der Waals surface area contributed by atoms with Crippen LogP contribution in [0, 0.1) is 5.82 Å². The third-order valence-corrected chi connectivity index (χ3v) is 4.06. The number of hydrogen-bond acceptors (Lipinski definition) is 4. The summed E-state index contributed by atoms with van der Waals surface area (Å²) in [5.74, 6) is -1.66. The van der Waals surface area contributed by atoms with Crippen LogP contribution in [0.25, 0.3) is 11.0 Å². The lowest BCUT2D eigenvalue weighted by Gasteiger charge is -2.07. The number of nitrogens with zero attached hydrogens (tertiary/aromatic N) is 2. The third kappa shape index (κ3) is 4.22.